The number of carbonyl (C=O) groups excluding carboxylic acids is 1. The van der Waals surface area contributed by atoms with Crippen molar-refractivity contribution in [2.24, 2.45) is 0 Å². The number of carboxylic acids is 1. The number of hydrogen-bond donors (Lipinski definition) is 1. The zero-order valence-electron chi connectivity index (χ0n) is 9.00. The lowest BCUT2D eigenvalue weighted by molar-refractivity contribution is 0.0677. The van der Waals surface area contributed by atoms with Crippen LogP contribution >= 0.6 is 0 Å². The van der Waals surface area contributed by atoms with E-state index in [1.54, 1.807) is 0 Å². The molecule has 2 rings (SSSR count). The summed E-state index contributed by atoms with van der Waals surface area (Å²) in [7, 11) is 0. The second kappa shape index (κ2) is 4.77. The highest BCUT2D eigenvalue weighted by Crippen LogP contribution is 2.08. The first-order valence-corrected chi connectivity index (χ1v) is 5.13. The fourth-order valence-corrected chi connectivity index (χ4v) is 1.46. The number of hydrogen-bond acceptors (Lipinski definition) is 5. The number of aromatic nitrogens is 2. The highest BCUT2D eigenvalue weighted by atomic mass is 16.6. The van der Waals surface area contributed by atoms with Crippen molar-refractivity contribution in [2.75, 3.05) is 13.2 Å². The van der Waals surface area contributed by atoms with Crippen molar-refractivity contribution in [1.82, 2.24) is 14.9 Å². The average molecular weight is 237 g/mol. The third kappa shape index (κ3) is 2.68. The van der Waals surface area contributed by atoms with Gasteiger partial charge in [-0.25, -0.2) is 19.6 Å². The summed E-state index contributed by atoms with van der Waals surface area (Å²) in [6.45, 7) is 1.27. The molecule has 0 radical (unpaired) electrons. The molecule has 0 saturated carbocycles. The third-order valence-corrected chi connectivity index (χ3v) is 2.34. The number of nitrogens with zero attached hydrogens (tertiary/aromatic N) is 3. The molecule has 90 valence electrons. The van der Waals surface area contributed by atoms with Gasteiger partial charge in [0.1, 0.15) is 5.82 Å². The molecule has 0 bridgehead atoms. The van der Waals surface area contributed by atoms with Gasteiger partial charge in [0.15, 0.2) is 0 Å². The number of aromatic carboxylic acids is 1. The van der Waals surface area contributed by atoms with E-state index in [4.69, 9.17) is 9.84 Å². The van der Waals surface area contributed by atoms with E-state index in [-0.39, 0.29) is 18.2 Å². The number of ether oxygens (including phenoxy) is 1. The first kappa shape index (κ1) is 11.3. The SMILES string of the molecule is O=C(O)c1cnc(CN2CCCOC2=O)nc1. The molecule has 0 spiro atoms. The maximum Gasteiger partial charge on any atom is 0.410 e. The molecule has 1 amide bonds. The zero-order chi connectivity index (χ0) is 12.3. The van der Waals surface area contributed by atoms with Gasteiger partial charge < -0.3 is 14.7 Å². The van der Waals surface area contributed by atoms with Crippen molar-refractivity contribution in [3.63, 3.8) is 0 Å². The third-order valence-electron chi connectivity index (χ3n) is 2.34. The Bertz CT molecular complexity index is 432. The number of amides is 1. The summed E-state index contributed by atoms with van der Waals surface area (Å²) >= 11 is 0. The molecule has 2 heterocycles. The lowest BCUT2D eigenvalue weighted by atomic mass is 10.3. The molecule has 0 unspecified atom stereocenters. The van der Waals surface area contributed by atoms with Gasteiger partial charge in [-0.2, -0.15) is 0 Å². The number of cyclic esters (lactones) is 1. The zero-order valence-corrected chi connectivity index (χ0v) is 9.00. The van der Waals surface area contributed by atoms with E-state index >= 15 is 0 Å². The molecule has 1 aliphatic rings. The summed E-state index contributed by atoms with van der Waals surface area (Å²) < 4.78 is 4.86. The van der Waals surface area contributed by atoms with Crippen molar-refractivity contribution in [3.05, 3.63) is 23.8 Å². The Balaban J connectivity index is 2.03. The van der Waals surface area contributed by atoms with E-state index in [0.717, 1.165) is 6.42 Å². The molecule has 17 heavy (non-hydrogen) atoms. The van der Waals surface area contributed by atoms with E-state index in [1.807, 2.05) is 0 Å². The molecule has 1 aromatic rings. The normalized spacial score (nSPS) is 15.5. The van der Waals surface area contributed by atoms with Gasteiger partial charge in [0, 0.05) is 18.9 Å². The van der Waals surface area contributed by atoms with Gasteiger partial charge in [0.05, 0.1) is 18.7 Å². The van der Waals surface area contributed by atoms with Crippen LogP contribution in [0.1, 0.15) is 22.6 Å². The first-order valence-electron chi connectivity index (χ1n) is 5.13. The number of carboxylic acid groups (broad SMARTS) is 1. The molecule has 0 atom stereocenters. The van der Waals surface area contributed by atoms with Gasteiger partial charge in [-0.1, -0.05) is 0 Å². The van der Waals surface area contributed by atoms with E-state index in [0.29, 0.717) is 19.0 Å². The lowest BCUT2D eigenvalue weighted by Crippen LogP contribution is -2.37. The minimum atomic E-state index is -1.08. The Hall–Kier alpha value is -2.18. The largest absolute Gasteiger partial charge is 0.478 e. The molecule has 1 N–H and O–H groups in total. The van der Waals surface area contributed by atoms with Crippen molar-refractivity contribution in [2.45, 2.75) is 13.0 Å². The quantitative estimate of drug-likeness (QED) is 0.823. The molecule has 7 heteroatoms. The minimum Gasteiger partial charge on any atom is -0.478 e. The maximum absolute atomic E-state index is 11.3. The van der Waals surface area contributed by atoms with Crippen LogP contribution in [0.15, 0.2) is 12.4 Å². The predicted octanol–water partition coefficient (Wildman–Crippen LogP) is 0.517. The van der Waals surface area contributed by atoms with E-state index in [2.05, 4.69) is 9.97 Å². The van der Waals surface area contributed by atoms with Crippen LogP contribution in [-0.2, 0) is 11.3 Å². The molecule has 7 nitrogen and oxygen atoms in total. The monoisotopic (exact) mass is 237 g/mol. The van der Waals surface area contributed by atoms with Crippen LogP contribution in [0.25, 0.3) is 0 Å². The van der Waals surface area contributed by atoms with Gasteiger partial charge in [-0.3, -0.25) is 0 Å². The van der Waals surface area contributed by atoms with Gasteiger partial charge in [-0.05, 0) is 6.42 Å². The second-order valence-electron chi connectivity index (χ2n) is 3.58. The predicted molar refractivity (Wildman–Crippen MR) is 55.4 cm³/mol. The highest BCUT2D eigenvalue weighted by molar-refractivity contribution is 5.86. The molecule has 0 aliphatic carbocycles. The summed E-state index contributed by atoms with van der Waals surface area (Å²) in [5.74, 6) is -0.678. The standard InChI is InChI=1S/C10H11N3O4/c14-9(15)7-4-11-8(12-5-7)6-13-2-1-3-17-10(13)16/h4-5H,1-3,6H2,(H,14,15). The fourth-order valence-electron chi connectivity index (χ4n) is 1.46. The van der Waals surface area contributed by atoms with Gasteiger partial charge >= 0.3 is 12.1 Å². The van der Waals surface area contributed by atoms with E-state index in [1.165, 1.54) is 17.3 Å². The number of rotatable bonds is 3. The Labute approximate surface area is 97.0 Å². The van der Waals surface area contributed by atoms with Crippen molar-refractivity contribution >= 4 is 12.1 Å². The minimum absolute atomic E-state index is 0.0231. The van der Waals surface area contributed by atoms with Crippen molar-refractivity contribution < 1.29 is 19.4 Å². The van der Waals surface area contributed by atoms with Crippen LogP contribution in [0.5, 0.6) is 0 Å². The summed E-state index contributed by atoms with van der Waals surface area (Å²) in [6.07, 6.45) is 2.83. The molecule has 1 aliphatic heterocycles. The van der Waals surface area contributed by atoms with E-state index < -0.39 is 5.97 Å². The van der Waals surface area contributed by atoms with Crippen LogP contribution in [-0.4, -0.2) is 45.2 Å². The average Bonchev–Trinajstić information content (AvgIpc) is 2.33. The van der Waals surface area contributed by atoms with Gasteiger partial charge in [0.2, 0.25) is 0 Å². The van der Waals surface area contributed by atoms with Crippen LogP contribution in [0.3, 0.4) is 0 Å². The summed E-state index contributed by atoms with van der Waals surface area (Å²) in [6, 6.07) is 0. The van der Waals surface area contributed by atoms with E-state index in [9.17, 15) is 9.59 Å². The molecule has 0 aromatic carbocycles. The highest BCUT2D eigenvalue weighted by Gasteiger charge is 2.20. The molecule has 1 fully saturated rings. The molecule has 1 aromatic heterocycles. The first-order chi connectivity index (χ1) is 8.16. The van der Waals surface area contributed by atoms with Crippen molar-refractivity contribution in [3.8, 4) is 0 Å². The second-order valence-corrected chi connectivity index (χ2v) is 3.58. The number of carbonyl (C=O) groups is 2. The van der Waals surface area contributed by atoms with Crippen LogP contribution in [0, 0.1) is 0 Å². The summed E-state index contributed by atoms with van der Waals surface area (Å²) in [4.78, 5) is 31.2. The van der Waals surface area contributed by atoms with Gasteiger partial charge in [0.25, 0.3) is 0 Å². The Kier molecular flexibility index (Phi) is 3.17. The summed E-state index contributed by atoms with van der Waals surface area (Å²) in [5, 5.41) is 8.67. The van der Waals surface area contributed by atoms with Crippen molar-refractivity contribution in [1.29, 1.82) is 0 Å². The van der Waals surface area contributed by atoms with Crippen LogP contribution in [0.4, 0.5) is 4.79 Å². The smallest absolute Gasteiger partial charge is 0.410 e. The molecule has 1 saturated heterocycles. The van der Waals surface area contributed by atoms with Crippen LogP contribution in [0.2, 0.25) is 0 Å². The fraction of sp³-hybridized carbons (Fsp3) is 0.400. The lowest BCUT2D eigenvalue weighted by Gasteiger charge is -2.25. The topological polar surface area (TPSA) is 92.6 Å². The molecular weight excluding hydrogens is 226 g/mol. The van der Waals surface area contributed by atoms with Crippen LogP contribution < -0.4 is 0 Å². The van der Waals surface area contributed by atoms with Gasteiger partial charge in [-0.15, -0.1) is 0 Å². The maximum atomic E-state index is 11.3. The Morgan fingerprint density at radius 3 is 2.76 bits per heavy atom. The summed E-state index contributed by atoms with van der Waals surface area (Å²) in [5.41, 5.74) is 0.0231. The Morgan fingerprint density at radius 1 is 1.47 bits per heavy atom. The Morgan fingerprint density at radius 2 is 2.18 bits per heavy atom. The molecular formula is C10H11N3O4.